The van der Waals surface area contributed by atoms with Crippen LogP contribution in [0.25, 0.3) is 0 Å². The highest BCUT2D eigenvalue weighted by Gasteiger charge is 2.62. The fourth-order valence-electron chi connectivity index (χ4n) is 1.98. The zero-order valence-electron chi connectivity index (χ0n) is 11.9. The van der Waals surface area contributed by atoms with Crippen LogP contribution in [0.5, 0.6) is 5.75 Å². The number of hydrogen-bond acceptors (Lipinski definition) is 2. The quantitative estimate of drug-likeness (QED) is 0.821. The maximum atomic E-state index is 13.4. The van der Waals surface area contributed by atoms with Crippen LogP contribution in [0.15, 0.2) is 54.6 Å². The number of benzene rings is 2. The van der Waals surface area contributed by atoms with Gasteiger partial charge in [0.2, 0.25) is 0 Å². The standard InChI is InChI=1S/C16H14F5NO/c17-15(18,16(19,20)21)14(22)12-8-4-5-9-13(12)23-10-11-6-2-1-3-7-11/h1-9,14H,10,22H2/t14-/m0/s1. The molecule has 2 aromatic carbocycles. The zero-order valence-corrected chi connectivity index (χ0v) is 11.9. The molecule has 2 nitrogen and oxygen atoms in total. The third kappa shape index (κ3) is 3.79. The van der Waals surface area contributed by atoms with E-state index in [2.05, 4.69) is 0 Å². The van der Waals surface area contributed by atoms with Crippen LogP contribution >= 0.6 is 0 Å². The summed E-state index contributed by atoms with van der Waals surface area (Å²) in [7, 11) is 0. The van der Waals surface area contributed by atoms with Gasteiger partial charge in [0.1, 0.15) is 18.4 Å². The molecule has 2 N–H and O–H groups in total. The molecule has 7 heteroatoms. The van der Waals surface area contributed by atoms with Gasteiger partial charge in [-0.2, -0.15) is 22.0 Å². The van der Waals surface area contributed by atoms with Gasteiger partial charge in [-0.25, -0.2) is 0 Å². The van der Waals surface area contributed by atoms with Gasteiger partial charge in [0.05, 0.1) is 0 Å². The molecule has 0 aliphatic heterocycles. The molecule has 0 bridgehead atoms. The lowest BCUT2D eigenvalue weighted by Gasteiger charge is -2.27. The first kappa shape index (κ1) is 17.2. The first-order valence-corrected chi connectivity index (χ1v) is 6.69. The Labute approximate surface area is 129 Å². The molecule has 0 spiro atoms. The van der Waals surface area contributed by atoms with E-state index in [0.29, 0.717) is 0 Å². The van der Waals surface area contributed by atoms with E-state index in [0.717, 1.165) is 11.6 Å². The van der Waals surface area contributed by atoms with E-state index in [4.69, 9.17) is 10.5 Å². The summed E-state index contributed by atoms with van der Waals surface area (Å²) in [4.78, 5) is 0. The average Bonchev–Trinajstić information content (AvgIpc) is 2.52. The summed E-state index contributed by atoms with van der Waals surface area (Å²) in [5.74, 6) is -5.16. The van der Waals surface area contributed by atoms with E-state index in [9.17, 15) is 22.0 Å². The lowest BCUT2D eigenvalue weighted by atomic mass is 10.00. The Morgan fingerprint density at radius 1 is 0.870 bits per heavy atom. The van der Waals surface area contributed by atoms with Crippen LogP contribution in [0.2, 0.25) is 0 Å². The number of para-hydroxylation sites is 1. The second-order valence-electron chi connectivity index (χ2n) is 4.91. The topological polar surface area (TPSA) is 35.2 Å². The van der Waals surface area contributed by atoms with E-state index >= 15 is 0 Å². The van der Waals surface area contributed by atoms with E-state index in [1.807, 2.05) is 0 Å². The van der Waals surface area contributed by atoms with E-state index in [-0.39, 0.29) is 12.4 Å². The van der Waals surface area contributed by atoms with Crippen molar-refractivity contribution < 1.29 is 26.7 Å². The number of halogens is 5. The molecule has 0 aliphatic rings. The normalized spacial score (nSPS) is 13.7. The minimum absolute atomic E-state index is 0.0299. The molecule has 124 valence electrons. The van der Waals surface area contributed by atoms with Gasteiger partial charge in [0, 0.05) is 5.56 Å². The Morgan fingerprint density at radius 2 is 1.43 bits per heavy atom. The van der Waals surface area contributed by atoms with Crippen LogP contribution in [0.3, 0.4) is 0 Å². The minimum Gasteiger partial charge on any atom is -0.489 e. The lowest BCUT2D eigenvalue weighted by molar-refractivity contribution is -0.291. The van der Waals surface area contributed by atoms with Crippen LogP contribution in [-0.4, -0.2) is 12.1 Å². The van der Waals surface area contributed by atoms with Crippen LogP contribution in [-0.2, 0) is 6.61 Å². The molecular formula is C16H14F5NO. The van der Waals surface area contributed by atoms with Crippen molar-refractivity contribution in [1.29, 1.82) is 0 Å². The first-order valence-electron chi connectivity index (χ1n) is 6.69. The summed E-state index contributed by atoms with van der Waals surface area (Å²) < 4.78 is 69.7. The number of alkyl halides is 5. The molecule has 0 saturated heterocycles. The van der Waals surface area contributed by atoms with Crippen molar-refractivity contribution in [3.63, 3.8) is 0 Å². The van der Waals surface area contributed by atoms with Crippen molar-refractivity contribution in [3.8, 4) is 5.75 Å². The molecule has 0 heterocycles. The molecule has 2 aromatic rings. The number of ether oxygens (including phenoxy) is 1. The van der Waals surface area contributed by atoms with Crippen molar-refractivity contribution in [2.75, 3.05) is 0 Å². The number of nitrogens with two attached hydrogens (primary N) is 1. The van der Waals surface area contributed by atoms with Gasteiger partial charge in [-0.3, -0.25) is 0 Å². The zero-order chi connectivity index (χ0) is 17.1. The van der Waals surface area contributed by atoms with E-state index in [1.54, 1.807) is 30.3 Å². The highest BCUT2D eigenvalue weighted by molar-refractivity contribution is 5.37. The van der Waals surface area contributed by atoms with Gasteiger partial charge >= 0.3 is 12.1 Å². The predicted molar refractivity (Wildman–Crippen MR) is 75.1 cm³/mol. The van der Waals surface area contributed by atoms with Gasteiger partial charge in [-0.1, -0.05) is 48.5 Å². The van der Waals surface area contributed by atoms with Crippen LogP contribution in [0.4, 0.5) is 22.0 Å². The monoisotopic (exact) mass is 331 g/mol. The molecule has 0 aromatic heterocycles. The molecule has 1 atom stereocenters. The molecule has 0 unspecified atom stereocenters. The minimum atomic E-state index is -5.74. The highest BCUT2D eigenvalue weighted by atomic mass is 19.4. The van der Waals surface area contributed by atoms with Crippen molar-refractivity contribution in [3.05, 3.63) is 65.7 Å². The van der Waals surface area contributed by atoms with Gasteiger partial charge in [-0.05, 0) is 11.6 Å². The average molecular weight is 331 g/mol. The second kappa shape index (κ2) is 6.54. The summed E-state index contributed by atoms with van der Waals surface area (Å²) in [5.41, 5.74) is 5.53. The molecule has 0 fully saturated rings. The van der Waals surface area contributed by atoms with Crippen molar-refractivity contribution in [2.24, 2.45) is 5.73 Å². The van der Waals surface area contributed by atoms with Crippen molar-refractivity contribution in [2.45, 2.75) is 24.7 Å². The van der Waals surface area contributed by atoms with Crippen LogP contribution in [0, 0.1) is 0 Å². The Bertz CT molecular complexity index is 642. The van der Waals surface area contributed by atoms with Crippen LogP contribution < -0.4 is 10.5 Å². The Balaban J connectivity index is 2.24. The predicted octanol–water partition coefficient (Wildman–Crippen LogP) is 4.46. The third-order valence-corrected chi connectivity index (χ3v) is 3.26. The first-order chi connectivity index (χ1) is 10.7. The Morgan fingerprint density at radius 3 is 2.04 bits per heavy atom. The van der Waals surface area contributed by atoms with E-state index < -0.39 is 23.7 Å². The highest BCUT2D eigenvalue weighted by Crippen LogP contribution is 2.45. The fraction of sp³-hybridized carbons (Fsp3) is 0.250. The number of rotatable bonds is 5. The summed E-state index contributed by atoms with van der Waals surface area (Å²) in [6.45, 7) is 0.0299. The molecule has 0 amide bonds. The SMILES string of the molecule is N[C@@H](c1ccccc1OCc1ccccc1)C(F)(F)C(F)(F)F. The molecule has 0 aliphatic carbocycles. The Kier molecular flexibility index (Phi) is 4.89. The Hall–Kier alpha value is -2.15. The molecule has 0 saturated carbocycles. The van der Waals surface area contributed by atoms with Crippen molar-refractivity contribution in [1.82, 2.24) is 0 Å². The van der Waals surface area contributed by atoms with Gasteiger partial charge in [0.25, 0.3) is 0 Å². The summed E-state index contributed by atoms with van der Waals surface area (Å²) in [6, 6.07) is 11.5. The lowest BCUT2D eigenvalue weighted by Crippen LogP contribution is -2.45. The number of hydrogen-bond donors (Lipinski definition) is 1. The molecule has 23 heavy (non-hydrogen) atoms. The summed E-state index contributed by atoms with van der Waals surface area (Å²) >= 11 is 0. The van der Waals surface area contributed by atoms with E-state index in [1.165, 1.54) is 18.2 Å². The van der Waals surface area contributed by atoms with Crippen LogP contribution in [0.1, 0.15) is 17.2 Å². The maximum Gasteiger partial charge on any atom is 0.455 e. The van der Waals surface area contributed by atoms with Gasteiger partial charge in [0.15, 0.2) is 0 Å². The molecule has 0 radical (unpaired) electrons. The smallest absolute Gasteiger partial charge is 0.455 e. The third-order valence-electron chi connectivity index (χ3n) is 3.26. The summed E-state index contributed by atoms with van der Waals surface area (Å²) in [5, 5.41) is 0. The summed E-state index contributed by atoms with van der Waals surface area (Å²) in [6.07, 6.45) is -5.74. The second-order valence-corrected chi connectivity index (χ2v) is 4.91. The van der Waals surface area contributed by atoms with Gasteiger partial charge < -0.3 is 10.5 Å². The fourth-order valence-corrected chi connectivity index (χ4v) is 1.98. The largest absolute Gasteiger partial charge is 0.489 e. The van der Waals surface area contributed by atoms with Gasteiger partial charge in [-0.15, -0.1) is 0 Å². The molecule has 2 rings (SSSR count). The molecular weight excluding hydrogens is 317 g/mol. The van der Waals surface area contributed by atoms with Crippen molar-refractivity contribution >= 4 is 0 Å². The maximum absolute atomic E-state index is 13.4.